The molecule has 1 saturated carbocycles. The summed E-state index contributed by atoms with van der Waals surface area (Å²) in [7, 11) is -3.05. The van der Waals surface area contributed by atoms with Crippen molar-refractivity contribution in [2.24, 2.45) is 5.92 Å². The normalized spacial score (nSPS) is 22.5. The van der Waals surface area contributed by atoms with Crippen LogP contribution in [0, 0.1) is 5.92 Å². The molecule has 0 atom stereocenters. The Bertz CT molecular complexity index is 734. The van der Waals surface area contributed by atoms with Gasteiger partial charge in [-0.05, 0) is 51.6 Å². The molecule has 2 fully saturated rings. The molecule has 1 aromatic heterocycles. The van der Waals surface area contributed by atoms with Gasteiger partial charge in [-0.1, -0.05) is 0 Å². The lowest BCUT2D eigenvalue weighted by Gasteiger charge is -2.31. The zero-order chi connectivity index (χ0) is 18.1. The maximum absolute atomic E-state index is 12.0. The van der Waals surface area contributed by atoms with E-state index in [0.29, 0.717) is 19.1 Å². The third-order valence-corrected chi connectivity index (χ3v) is 7.81. The fourth-order valence-electron chi connectivity index (χ4n) is 4.06. The van der Waals surface area contributed by atoms with Crippen LogP contribution >= 0.6 is 0 Å². The van der Waals surface area contributed by atoms with Crippen molar-refractivity contribution in [2.45, 2.75) is 64.0 Å². The number of fused-ring (bicyclic) bond motifs is 1. The molecule has 4 rings (SSSR count). The van der Waals surface area contributed by atoms with E-state index in [4.69, 9.17) is 9.84 Å². The largest absolute Gasteiger partial charge is 0.376 e. The second-order valence-corrected chi connectivity index (χ2v) is 9.85. The molecule has 0 bridgehead atoms. The average molecular weight is 383 g/mol. The van der Waals surface area contributed by atoms with Crippen LogP contribution in [-0.4, -0.2) is 54.6 Å². The Labute approximate surface area is 156 Å². The summed E-state index contributed by atoms with van der Waals surface area (Å²) in [5.74, 6) is 0.449. The van der Waals surface area contributed by atoms with Crippen LogP contribution in [0.5, 0.6) is 0 Å². The van der Waals surface area contributed by atoms with Crippen molar-refractivity contribution < 1.29 is 13.2 Å². The van der Waals surface area contributed by atoms with Gasteiger partial charge in [0, 0.05) is 37.3 Å². The van der Waals surface area contributed by atoms with Gasteiger partial charge < -0.3 is 4.74 Å². The SMILES string of the molecule is CCn1nc(CN2CCC(CNS(=O)(=O)C3CC3)CC2)c2c1CCOC2. The number of aromatic nitrogens is 2. The van der Waals surface area contributed by atoms with Crippen molar-refractivity contribution in [1.29, 1.82) is 0 Å². The first-order chi connectivity index (χ1) is 12.6. The van der Waals surface area contributed by atoms with E-state index in [-0.39, 0.29) is 5.25 Å². The third-order valence-electron chi connectivity index (χ3n) is 5.90. The molecule has 146 valence electrons. The molecule has 0 unspecified atom stereocenters. The molecule has 3 heterocycles. The zero-order valence-corrected chi connectivity index (χ0v) is 16.4. The average Bonchev–Trinajstić information content (AvgIpc) is 3.46. The van der Waals surface area contributed by atoms with E-state index in [9.17, 15) is 8.42 Å². The van der Waals surface area contributed by atoms with Crippen molar-refractivity contribution in [3.63, 3.8) is 0 Å². The first kappa shape index (κ1) is 18.4. The van der Waals surface area contributed by atoms with Crippen LogP contribution in [-0.2, 0) is 40.9 Å². The molecule has 0 aromatic carbocycles. The van der Waals surface area contributed by atoms with Crippen LogP contribution in [0.4, 0.5) is 0 Å². The van der Waals surface area contributed by atoms with Crippen LogP contribution in [0.25, 0.3) is 0 Å². The first-order valence-electron chi connectivity index (χ1n) is 9.93. The third kappa shape index (κ3) is 3.98. The minimum Gasteiger partial charge on any atom is -0.376 e. The van der Waals surface area contributed by atoms with Gasteiger partial charge in [-0.3, -0.25) is 9.58 Å². The van der Waals surface area contributed by atoms with Gasteiger partial charge in [0.05, 0.1) is 24.2 Å². The summed E-state index contributed by atoms with van der Waals surface area (Å²) in [6.07, 6.45) is 4.69. The monoisotopic (exact) mass is 382 g/mol. The number of aryl methyl sites for hydroxylation is 1. The number of nitrogens with one attached hydrogen (secondary N) is 1. The Morgan fingerprint density at radius 3 is 2.69 bits per heavy atom. The van der Waals surface area contributed by atoms with Gasteiger partial charge in [-0.25, -0.2) is 13.1 Å². The van der Waals surface area contributed by atoms with Gasteiger partial charge in [0.25, 0.3) is 0 Å². The molecule has 3 aliphatic rings. The summed E-state index contributed by atoms with van der Waals surface area (Å²) in [6, 6.07) is 0. The number of piperidine rings is 1. The number of sulfonamides is 1. The molecule has 0 amide bonds. The van der Waals surface area contributed by atoms with Crippen LogP contribution in [0.1, 0.15) is 49.6 Å². The number of likely N-dealkylation sites (tertiary alicyclic amines) is 1. The summed E-state index contributed by atoms with van der Waals surface area (Å²) in [6.45, 7) is 8.01. The molecular weight excluding hydrogens is 352 g/mol. The van der Waals surface area contributed by atoms with Gasteiger partial charge in [0.1, 0.15) is 0 Å². The van der Waals surface area contributed by atoms with Gasteiger partial charge in [0.2, 0.25) is 10.0 Å². The molecular formula is C18H30N4O3S. The summed E-state index contributed by atoms with van der Waals surface area (Å²) < 4.78 is 34.5. The summed E-state index contributed by atoms with van der Waals surface area (Å²) in [5.41, 5.74) is 3.80. The summed E-state index contributed by atoms with van der Waals surface area (Å²) >= 11 is 0. The fourth-order valence-corrected chi connectivity index (χ4v) is 5.52. The highest BCUT2D eigenvalue weighted by molar-refractivity contribution is 7.90. The van der Waals surface area contributed by atoms with E-state index >= 15 is 0 Å². The number of nitrogens with zero attached hydrogens (tertiary/aromatic N) is 3. The Balaban J connectivity index is 1.29. The number of ether oxygens (including phenoxy) is 1. The molecule has 1 saturated heterocycles. The predicted molar refractivity (Wildman–Crippen MR) is 99.2 cm³/mol. The van der Waals surface area contributed by atoms with Gasteiger partial charge in [0.15, 0.2) is 0 Å². The Morgan fingerprint density at radius 2 is 2.00 bits per heavy atom. The number of rotatable bonds is 7. The topological polar surface area (TPSA) is 76.5 Å². The molecule has 0 spiro atoms. The van der Waals surface area contributed by atoms with E-state index in [1.54, 1.807) is 0 Å². The molecule has 1 aliphatic carbocycles. The lowest BCUT2D eigenvalue weighted by Crippen LogP contribution is -2.39. The molecule has 1 aromatic rings. The van der Waals surface area contributed by atoms with E-state index < -0.39 is 10.0 Å². The molecule has 2 aliphatic heterocycles. The second-order valence-electron chi connectivity index (χ2n) is 7.80. The minimum absolute atomic E-state index is 0.121. The number of hydrogen-bond donors (Lipinski definition) is 1. The zero-order valence-electron chi connectivity index (χ0n) is 15.6. The fraction of sp³-hybridized carbons (Fsp3) is 0.833. The van der Waals surface area contributed by atoms with E-state index in [1.807, 2.05) is 0 Å². The predicted octanol–water partition coefficient (Wildman–Crippen LogP) is 1.27. The molecule has 26 heavy (non-hydrogen) atoms. The summed E-state index contributed by atoms with van der Waals surface area (Å²) in [4.78, 5) is 2.45. The van der Waals surface area contributed by atoms with Crippen molar-refractivity contribution >= 4 is 10.0 Å². The number of hydrogen-bond acceptors (Lipinski definition) is 5. The lowest BCUT2D eigenvalue weighted by atomic mass is 9.97. The highest BCUT2D eigenvalue weighted by atomic mass is 32.2. The van der Waals surface area contributed by atoms with Crippen LogP contribution in [0.15, 0.2) is 0 Å². The highest BCUT2D eigenvalue weighted by Crippen LogP contribution is 2.28. The Morgan fingerprint density at radius 1 is 1.23 bits per heavy atom. The molecule has 7 nitrogen and oxygen atoms in total. The van der Waals surface area contributed by atoms with E-state index in [0.717, 1.165) is 70.6 Å². The van der Waals surface area contributed by atoms with Crippen LogP contribution in [0.3, 0.4) is 0 Å². The van der Waals surface area contributed by atoms with Crippen LogP contribution in [0.2, 0.25) is 0 Å². The van der Waals surface area contributed by atoms with Crippen molar-refractivity contribution in [3.05, 3.63) is 17.0 Å². The smallest absolute Gasteiger partial charge is 0.214 e. The Kier molecular flexibility index (Phi) is 5.36. The molecule has 0 radical (unpaired) electrons. The van der Waals surface area contributed by atoms with Crippen molar-refractivity contribution in [2.75, 3.05) is 26.2 Å². The van der Waals surface area contributed by atoms with Gasteiger partial charge in [-0.2, -0.15) is 5.10 Å². The van der Waals surface area contributed by atoms with Gasteiger partial charge in [-0.15, -0.1) is 0 Å². The maximum Gasteiger partial charge on any atom is 0.214 e. The Hall–Kier alpha value is -0.960. The van der Waals surface area contributed by atoms with E-state index in [1.165, 1.54) is 11.3 Å². The first-order valence-corrected chi connectivity index (χ1v) is 11.5. The van der Waals surface area contributed by atoms with Crippen molar-refractivity contribution in [1.82, 2.24) is 19.4 Å². The van der Waals surface area contributed by atoms with E-state index in [2.05, 4.69) is 21.2 Å². The maximum atomic E-state index is 12.0. The van der Waals surface area contributed by atoms with Crippen molar-refractivity contribution in [3.8, 4) is 0 Å². The second kappa shape index (κ2) is 7.58. The quantitative estimate of drug-likeness (QED) is 0.769. The van der Waals surface area contributed by atoms with Crippen LogP contribution < -0.4 is 4.72 Å². The van der Waals surface area contributed by atoms with Gasteiger partial charge >= 0.3 is 0 Å². The molecule has 1 N–H and O–H groups in total. The highest BCUT2D eigenvalue weighted by Gasteiger charge is 2.36. The molecule has 8 heteroatoms. The standard InChI is InChI=1S/C18H30N4O3S/c1-2-22-18-7-10-25-13-16(18)17(20-22)12-21-8-5-14(6-9-21)11-19-26(23,24)15-3-4-15/h14-15,19H,2-13H2,1H3. The lowest BCUT2D eigenvalue weighted by molar-refractivity contribution is 0.107. The summed E-state index contributed by atoms with van der Waals surface area (Å²) in [5, 5.41) is 4.70. The minimum atomic E-state index is -3.05.